The van der Waals surface area contributed by atoms with Crippen molar-refractivity contribution in [1.82, 2.24) is 5.43 Å². The Morgan fingerprint density at radius 1 is 1.12 bits per heavy atom. The average molecular weight is 361 g/mol. The molecule has 0 unspecified atom stereocenters. The Hall–Kier alpha value is -2.93. The summed E-state index contributed by atoms with van der Waals surface area (Å²) in [4.78, 5) is 12.2. The molecule has 1 N–H and O–H groups in total. The van der Waals surface area contributed by atoms with Crippen molar-refractivity contribution in [2.24, 2.45) is 5.10 Å². The van der Waals surface area contributed by atoms with Gasteiger partial charge in [0, 0.05) is 11.6 Å². The fraction of sp³-hybridized carbons (Fsp3) is 0.176. The van der Waals surface area contributed by atoms with Gasteiger partial charge in [-0.05, 0) is 18.2 Å². The number of rotatable bonds is 3. The number of nitrogens with zero attached hydrogens (tertiary/aromatic N) is 1. The summed E-state index contributed by atoms with van der Waals surface area (Å²) in [5.41, 5.74) is 3.02. The minimum absolute atomic E-state index is 0.114. The van der Waals surface area contributed by atoms with Gasteiger partial charge in [0.15, 0.2) is 23.0 Å². The number of benzene rings is 2. The number of hydrazone groups is 1. The quantitative estimate of drug-likeness (QED) is 0.671. The van der Waals surface area contributed by atoms with E-state index in [0.717, 1.165) is 0 Å². The van der Waals surface area contributed by atoms with E-state index in [0.29, 0.717) is 33.6 Å². The van der Waals surface area contributed by atoms with Crippen LogP contribution in [0.4, 0.5) is 0 Å². The summed E-state index contributed by atoms with van der Waals surface area (Å²) < 4.78 is 21.6. The third-order valence-corrected chi connectivity index (χ3v) is 4.00. The van der Waals surface area contributed by atoms with Crippen molar-refractivity contribution in [3.8, 4) is 23.0 Å². The van der Waals surface area contributed by atoms with Crippen LogP contribution < -0.4 is 24.4 Å². The summed E-state index contributed by atoms with van der Waals surface area (Å²) in [5, 5.41) is 4.36. The molecule has 1 amide bonds. The number of halogens is 1. The normalized spacial score (nSPS) is 17.6. The molecule has 0 aromatic heterocycles. The van der Waals surface area contributed by atoms with Gasteiger partial charge in [-0.1, -0.05) is 23.7 Å². The van der Waals surface area contributed by atoms with E-state index in [4.69, 9.17) is 30.5 Å². The number of fused-ring (bicyclic) bond motifs is 2. The Labute approximate surface area is 148 Å². The number of carbonyl (C=O) groups is 1. The molecule has 0 aliphatic carbocycles. The monoisotopic (exact) mass is 360 g/mol. The molecule has 2 aliphatic rings. The Morgan fingerprint density at radius 3 is 2.72 bits per heavy atom. The Balaban J connectivity index is 1.40. The first-order valence-corrected chi connectivity index (χ1v) is 7.89. The highest BCUT2D eigenvalue weighted by Gasteiger charge is 2.27. The molecule has 0 radical (unpaired) electrons. The van der Waals surface area contributed by atoms with Crippen LogP contribution in [0.5, 0.6) is 23.0 Å². The highest BCUT2D eigenvalue weighted by atomic mass is 35.5. The highest BCUT2D eigenvalue weighted by molar-refractivity contribution is 6.33. The van der Waals surface area contributed by atoms with Gasteiger partial charge >= 0.3 is 0 Å². The van der Waals surface area contributed by atoms with Crippen LogP contribution in [-0.4, -0.2) is 31.6 Å². The average Bonchev–Trinajstić information content (AvgIpc) is 3.08. The van der Waals surface area contributed by atoms with Crippen LogP contribution in [0.2, 0.25) is 5.02 Å². The summed E-state index contributed by atoms with van der Waals surface area (Å²) in [7, 11) is 0. The highest BCUT2D eigenvalue weighted by Crippen LogP contribution is 2.36. The summed E-state index contributed by atoms with van der Waals surface area (Å²) in [6.45, 7) is 0.270. The SMILES string of the molecule is O=C(NN=Cc1cc2c(cc1Cl)OCO2)[C@H]1COc2ccccc2O1. The fourth-order valence-electron chi connectivity index (χ4n) is 2.42. The predicted molar refractivity (Wildman–Crippen MR) is 89.7 cm³/mol. The third kappa shape index (κ3) is 3.18. The summed E-state index contributed by atoms with van der Waals surface area (Å²) in [6, 6.07) is 10.5. The van der Waals surface area contributed by atoms with Gasteiger partial charge in [0.1, 0.15) is 6.61 Å². The summed E-state index contributed by atoms with van der Waals surface area (Å²) in [6.07, 6.45) is 0.652. The zero-order chi connectivity index (χ0) is 17.2. The van der Waals surface area contributed by atoms with E-state index < -0.39 is 12.0 Å². The molecule has 2 aromatic rings. The van der Waals surface area contributed by atoms with Crippen LogP contribution in [-0.2, 0) is 4.79 Å². The van der Waals surface area contributed by atoms with Crippen molar-refractivity contribution < 1.29 is 23.7 Å². The number of nitrogens with one attached hydrogen (secondary N) is 1. The van der Waals surface area contributed by atoms with Crippen LogP contribution >= 0.6 is 11.6 Å². The van der Waals surface area contributed by atoms with Crippen molar-refractivity contribution in [2.75, 3.05) is 13.4 Å². The maximum atomic E-state index is 12.2. The van der Waals surface area contributed by atoms with E-state index >= 15 is 0 Å². The van der Waals surface area contributed by atoms with E-state index in [1.165, 1.54) is 6.21 Å². The third-order valence-electron chi connectivity index (χ3n) is 3.67. The molecule has 0 fully saturated rings. The lowest BCUT2D eigenvalue weighted by Crippen LogP contribution is -2.42. The molecule has 0 saturated carbocycles. The van der Waals surface area contributed by atoms with Crippen LogP contribution in [0.3, 0.4) is 0 Å². The van der Waals surface area contributed by atoms with E-state index in [1.54, 1.807) is 24.3 Å². The van der Waals surface area contributed by atoms with Crippen LogP contribution in [0, 0.1) is 0 Å². The number of hydrogen-bond acceptors (Lipinski definition) is 6. The van der Waals surface area contributed by atoms with Crippen LogP contribution in [0.25, 0.3) is 0 Å². The predicted octanol–water partition coefficient (Wildman–Crippen LogP) is 2.36. The number of para-hydroxylation sites is 2. The van der Waals surface area contributed by atoms with Crippen molar-refractivity contribution in [3.05, 3.63) is 47.0 Å². The van der Waals surface area contributed by atoms with Crippen molar-refractivity contribution in [2.45, 2.75) is 6.10 Å². The number of carbonyl (C=O) groups excluding carboxylic acids is 1. The van der Waals surface area contributed by atoms with Gasteiger partial charge in [-0.25, -0.2) is 5.43 Å². The first-order valence-electron chi connectivity index (χ1n) is 7.51. The van der Waals surface area contributed by atoms with Crippen LogP contribution in [0.15, 0.2) is 41.5 Å². The molecule has 4 rings (SSSR count). The summed E-state index contributed by atoms with van der Waals surface area (Å²) in [5.74, 6) is 1.89. The van der Waals surface area contributed by atoms with Gasteiger partial charge in [-0.3, -0.25) is 4.79 Å². The smallest absolute Gasteiger partial charge is 0.284 e. The lowest BCUT2D eigenvalue weighted by atomic mass is 10.2. The van der Waals surface area contributed by atoms with E-state index in [-0.39, 0.29) is 13.4 Å². The second-order valence-corrected chi connectivity index (χ2v) is 5.73. The molecular formula is C17H13ClN2O5. The van der Waals surface area contributed by atoms with E-state index in [2.05, 4.69) is 10.5 Å². The molecule has 0 bridgehead atoms. The topological polar surface area (TPSA) is 78.4 Å². The Bertz CT molecular complexity index is 855. The van der Waals surface area contributed by atoms with Crippen molar-refractivity contribution in [1.29, 1.82) is 0 Å². The molecule has 0 spiro atoms. The van der Waals surface area contributed by atoms with E-state index in [9.17, 15) is 4.79 Å². The Morgan fingerprint density at radius 2 is 1.88 bits per heavy atom. The van der Waals surface area contributed by atoms with Gasteiger partial charge in [0.25, 0.3) is 5.91 Å². The maximum absolute atomic E-state index is 12.2. The molecule has 0 saturated heterocycles. The first-order chi connectivity index (χ1) is 12.2. The van der Waals surface area contributed by atoms with Gasteiger partial charge in [0.2, 0.25) is 12.9 Å². The second kappa shape index (κ2) is 6.52. The summed E-state index contributed by atoms with van der Waals surface area (Å²) >= 11 is 6.14. The van der Waals surface area contributed by atoms with Crippen molar-refractivity contribution in [3.63, 3.8) is 0 Å². The Kier molecular flexibility index (Phi) is 4.07. The van der Waals surface area contributed by atoms with Gasteiger partial charge < -0.3 is 18.9 Å². The molecule has 25 heavy (non-hydrogen) atoms. The molecule has 2 heterocycles. The van der Waals surface area contributed by atoms with Crippen LogP contribution in [0.1, 0.15) is 5.56 Å². The molecule has 8 heteroatoms. The first kappa shape index (κ1) is 15.6. The zero-order valence-electron chi connectivity index (χ0n) is 12.9. The molecule has 7 nitrogen and oxygen atoms in total. The molecule has 1 atom stereocenters. The zero-order valence-corrected chi connectivity index (χ0v) is 13.7. The van der Waals surface area contributed by atoms with Gasteiger partial charge in [0.05, 0.1) is 11.2 Å². The molecular weight excluding hydrogens is 348 g/mol. The molecule has 128 valence electrons. The number of hydrogen-bond donors (Lipinski definition) is 1. The van der Waals surface area contributed by atoms with E-state index in [1.807, 2.05) is 12.1 Å². The number of ether oxygens (including phenoxy) is 4. The largest absolute Gasteiger partial charge is 0.485 e. The molecule has 2 aliphatic heterocycles. The lowest BCUT2D eigenvalue weighted by Gasteiger charge is -2.24. The van der Waals surface area contributed by atoms with Crippen molar-refractivity contribution >= 4 is 23.7 Å². The second-order valence-electron chi connectivity index (χ2n) is 5.33. The van der Waals surface area contributed by atoms with Gasteiger partial charge in [-0.2, -0.15) is 5.10 Å². The maximum Gasteiger partial charge on any atom is 0.284 e. The standard InChI is InChI=1S/C17H13ClN2O5/c18-11-6-15-14(23-9-24-15)5-10(11)7-19-20-17(21)16-8-22-12-3-1-2-4-13(12)25-16/h1-7,16H,8-9H2,(H,20,21)/t16-/m1/s1. The van der Waals surface area contributed by atoms with Gasteiger partial charge in [-0.15, -0.1) is 0 Å². The minimum Gasteiger partial charge on any atom is -0.485 e. The fourth-order valence-corrected chi connectivity index (χ4v) is 2.62. The minimum atomic E-state index is -0.778. The lowest BCUT2D eigenvalue weighted by molar-refractivity contribution is -0.130. The number of amides is 1. The molecule has 2 aromatic carbocycles.